The van der Waals surface area contributed by atoms with Gasteiger partial charge in [0.15, 0.2) is 5.82 Å². The fraction of sp³-hybridized carbons (Fsp3) is 0.500. The zero-order chi connectivity index (χ0) is 26.3. The summed E-state index contributed by atoms with van der Waals surface area (Å²) >= 11 is 0. The highest BCUT2D eigenvalue weighted by atomic mass is 16.6. The van der Waals surface area contributed by atoms with Gasteiger partial charge in [-0.2, -0.15) is 5.10 Å². The molecule has 194 valence electrons. The van der Waals surface area contributed by atoms with E-state index in [9.17, 15) is 9.59 Å². The first-order valence-electron chi connectivity index (χ1n) is 12.5. The van der Waals surface area contributed by atoms with Crippen LogP contribution in [0.1, 0.15) is 85.5 Å². The van der Waals surface area contributed by atoms with Gasteiger partial charge in [0.05, 0.1) is 6.04 Å². The smallest absolute Gasteiger partial charge is 0.408 e. The van der Waals surface area contributed by atoms with E-state index in [1.54, 1.807) is 0 Å². The number of amides is 1. The zero-order valence-corrected chi connectivity index (χ0v) is 22.2. The Morgan fingerprint density at radius 2 is 1.61 bits per heavy atom. The minimum absolute atomic E-state index is 0.193. The number of fused-ring (bicyclic) bond motifs is 1. The van der Waals surface area contributed by atoms with Gasteiger partial charge in [0.1, 0.15) is 17.0 Å². The lowest BCUT2D eigenvalue weighted by Gasteiger charge is -2.22. The minimum Gasteiger partial charge on any atom is -0.460 e. The number of aromatic nitrogens is 3. The molecule has 1 aromatic heterocycles. The van der Waals surface area contributed by atoms with Crippen LogP contribution >= 0.6 is 0 Å². The Kier molecular flexibility index (Phi) is 8.71. The molecule has 0 saturated carbocycles. The highest BCUT2D eigenvalue weighted by molar-refractivity contribution is 5.86. The van der Waals surface area contributed by atoms with Crippen LogP contribution < -0.4 is 5.32 Å². The highest BCUT2D eigenvalue weighted by Crippen LogP contribution is 2.25. The van der Waals surface area contributed by atoms with E-state index in [1.807, 2.05) is 65.8 Å². The van der Waals surface area contributed by atoms with Crippen molar-refractivity contribution in [3.8, 4) is 11.4 Å². The average molecular weight is 495 g/mol. The molecule has 0 bridgehead atoms. The van der Waals surface area contributed by atoms with Crippen molar-refractivity contribution in [3.63, 3.8) is 0 Å². The van der Waals surface area contributed by atoms with E-state index in [0.29, 0.717) is 30.9 Å². The van der Waals surface area contributed by atoms with Crippen molar-refractivity contribution in [2.24, 2.45) is 0 Å². The number of alkyl carbamates (subject to hydrolysis) is 1. The molecule has 0 spiro atoms. The number of aromatic amines is 1. The Labute approximate surface area is 213 Å². The minimum atomic E-state index is -0.611. The Morgan fingerprint density at radius 3 is 2.31 bits per heavy atom. The third kappa shape index (κ3) is 8.66. The topological polar surface area (TPSA) is 106 Å². The van der Waals surface area contributed by atoms with Gasteiger partial charge in [-0.25, -0.2) is 9.78 Å². The van der Waals surface area contributed by atoms with Crippen molar-refractivity contribution in [2.45, 2.75) is 90.9 Å². The molecule has 8 heteroatoms. The number of ether oxygens (including phenoxy) is 2. The molecule has 0 fully saturated rings. The standard InChI is InChI=1S/C28H38N4O4/c1-27(2,3)35-23(33)15-9-7-8-14-22(29-26(34)36-28(4,5)6)25-30-24(31-32-25)21-17-16-19-12-10-11-13-20(19)18-21/h10-13,16-18,22H,7-9,14-15H2,1-6H3,(H,29,34)(H,30,31,32)/t22-/m0/s1. The second-order valence-corrected chi connectivity index (χ2v) is 11.0. The first-order chi connectivity index (χ1) is 16.9. The summed E-state index contributed by atoms with van der Waals surface area (Å²) in [4.78, 5) is 29.2. The van der Waals surface area contributed by atoms with E-state index in [2.05, 4.69) is 33.7 Å². The molecule has 1 atom stereocenters. The fourth-order valence-corrected chi connectivity index (χ4v) is 3.80. The number of esters is 1. The molecule has 1 amide bonds. The SMILES string of the molecule is CC(C)(C)OC(=O)CCCCC[C@H](NC(=O)OC(C)(C)C)c1nc(-c2ccc3ccccc3c2)n[nH]1. The average Bonchev–Trinajstić information content (AvgIpc) is 3.25. The van der Waals surface area contributed by atoms with Crippen LogP contribution in [0.4, 0.5) is 4.79 Å². The molecule has 3 aromatic rings. The van der Waals surface area contributed by atoms with Gasteiger partial charge >= 0.3 is 12.1 Å². The normalized spacial score (nSPS) is 12.8. The van der Waals surface area contributed by atoms with Crippen LogP contribution in [0.15, 0.2) is 42.5 Å². The highest BCUT2D eigenvalue weighted by Gasteiger charge is 2.23. The maximum absolute atomic E-state index is 12.5. The molecule has 1 heterocycles. The molecule has 0 radical (unpaired) electrons. The summed E-state index contributed by atoms with van der Waals surface area (Å²) in [6.07, 6.45) is 2.81. The Hall–Kier alpha value is -3.42. The van der Waals surface area contributed by atoms with Crippen LogP contribution in [0.5, 0.6) is 0 Å². The van der Waals surface area contributed by atoms with E-state index in [0.717, 1.165) is 29.2 Å². The number of carbonyl (C=O) groups is 2. The summed E-state index contributed by atoms with van der Waals surface area (Å²) in [5.41, 5.74) is -0.196. The summed E-state index contributed by atoms with van der Waals surface area (Å²) < 4.78 is 10.8. The van der Waals surface area contributed by atoms with Crippen molar-refractivity contribution >= 4 is 22.8 Å². The fourth-order valence-electron chi connectivity index (χ4n) is 3.80. The van der Waals surface area contributed by atoms with Crippen molar-refractivity contribution in [1.82, 2.24) is 20.5 Å². The van der Waals surface area contributed by atoms with Crippen LogP contribution in [0.25, 0.3) is 22.2 Å². The maximum atomic E-state index is 12.5. The van der Waals surface area contributed by atoms with Gasteiger partial charge in [-0.05, 0) is 71.2 Å². The third-order valence-electron chi connectivity index (χ3n) is 5.33. The predicted molar refractivity (Wildman–Crippen MR) is 140 cm³/mol. The number of hydrogen-bond donors (Lipinski definition) is 2. The van der Waals surface area contributed by atoms with Crippen LogP contribution in [0.3, 0.4) is 0 Å². The lowest BCUT2D eigenvalue weighted by atomic mass is 10.1. The molecule has 0 unspecified atom stereocenters. The summed E-state index contributed by atoms with van der Waals surface area (Å²) in [5.74, 6) is 0.939. The quantitative estimate of drug-likeness (QED) is 0.260. The van der Waals surface area contributed by atoms with Crippen molar-refractivity contribution in [3.05, 3.63) is 48.3 Å². The number of hydrogen-bond acceptors (Lipinski definition) is 6. The molecule has 0 aliphatic rings. The number of rotatable bonds is 9. The van der Waals surface area contributed by atoms with E-state index in [4.69, 9.17) is 14.5 Å². The number of nitrogens with zero attached hydrogens (tertiary/aromatic N) is 2. The van der Waals surface area contributed by atoms with Crippen LogP contribution in [0.2, 0.25) is 0 Å². The molecule has 0 saturated heterocycles. The van der Waals surface area contributed by atoms with Gasteiger partial charge in [-0.15, -0.1) is 0 Å². The largest absolute Gasteiger partial charge is 0.460 e. The Bertz CT molecular complexity index is 1170. The van der Waals surface area contributed by atoms with Gasteiger partial charge in [0, 0.05) is 12.0 Å². The van der Waals surface area contributed by atoms with Crippen LogP contribution in [-0.2, 0) is 14.3 Å². The number of carbonyl (C=O) groups excluding carboxylic acids is 2. The molecule has 36 heavy (non-hydrogen) atoms. The number of benzene rings is 2. The molecule has 2 N–H and O–H groups in total. The van der Waals surface area contributed by atoms with Gasteiger partial charge in [0.25, 0.3) is 0 Å². The van der Waals surface area contributed by atoms with E-state index in [1.165, 1.54) is 0 Å². The van der Waals surface area contributed by atoms with Crippen LogP contribution in [0, 0.1) is 0 Å². The van der Waals surface area contributed by atoms with E-state index in [-0.39, 0.29) is 5.97 Å². The first kappa shape index (κ1) is 27.2. The Morgan fingerprint density at radius 1 is 0.917 bits per heavy atom. The monoisotopic (exact) mass is 494 g/mol. The van der Waals surface area contributed by atoms with Gasteiger partial charge in [-0.3, -0.25) is 9.89 Å². The lowest BCUT2D eigenvalue weighted by molar-refractivity contribution is -0.154. The summed E-state index contributed by atoms with van der Waals surface area (Å²) in [6, 6.07) is 13.8. The maximum Gasteiger partial charge on any atom is 0.408 e. The Balaban J connectivity index is 1.66. The lowest BCUT2D eigenvalue weighted by Crippen LogP contribution is -2.35. The van der Waals surface area contributed by atoms with Gasteiger partial charge < -0.3 is 14.8 Å². The molecule has 0 aliphatic heterocycles. The van der Waals surface area contributed by atoms with Crippen LogP contribution in [-0.4, -0.2) is 38.4 Å². The number of nitrogens with one attached hydrogen (secondary N) is 2. The molecule has 3 rings (SSSR count). The summed E-state index contributed by atoms with van der Waals surface area (Å²) in [5, 5.41) is 12.6. The second-order valence-electron chi connectivity index (χ2n) is 11.0. The van der Waals surface area contributed by atoms with Gasteiger partial charge in [-0.1, -0.05) is 49.2 Å². The van der Waals surface area contributed by atoms with E-state index >= 15 is 0 Å². The van der Waals surface area contributed by atoms with E-state index < -0.39 is 23.3 Å². The molecule has 2 aromatic carbocycles. The van der Waals surface area contributed by atoms with Crippen molar-refractivity contribution < 1.29 is 19.1 Å². The molecular weight excluding hydrogens is 456 g/mol. The zero-order valence-electron chi connectivity index (χ0n) is 22.2. The van der Waals surface area contributed by atoms with Crippen molar-refractivity contribution in [2.75, 3.05) is 0 Å². The first-order valence-corrected chi connectivity index (χ1v) is 12.5. The predicted octanol–water partition coefficient (Wildman–Crippen LogP) is 6.48. The van der Waals surface area contributed by atoms with Gasteiger partial charge in [0.2, 0.25) is 0 Å². The summed E-state index contributed by atoms with van der Waals surface area (Å²) in [6.45, 7) is 11.1. The number of unbranched alkanes of at least 4 members (excludes halogenated alkanes) is 2. The molecule has 0 aliphatic carbocycles. The van der Waals surface area contributed by atoms with Crippen molar-refractivity contribution in [1.29, 1.82) is 0 Å². The molecular formula is C28H38N4O4. The third-order valence-corrected chi connectivity index (χ3v) is 5.33. The number of H-pyrrole nitrogens is 1. The second kappa shape index (κ2) is 11.5. The summed E-state index contributed by atoms with van der Waals surface area (Å²) in [7, 11) is 0. The molecule has 8 nitrogen and oxygen atoms in total.